The number of ether oxygens (including phenoxy) is 1. The van der Waals surface area contributed by atoms with Crippen molar-refractivity contribution in [3.05, 3.63) is 81.0 Å². The highest BCUT2D eigenvalue weighted by atomic mass is 16.5. The Bertz CT molecular complexity index is 1430. The van der Waals surface area contributed by atoms with Crippen molar-refractivity contribution in [2.45, 2.75) is 26.4 Å². The van der Waals surface area contributed by atoms with Crippen LogP contribution in [-0.2, 0) is 26.6 Å². The highest BCUT2D eigenvalue weighted by Crippen LogP contribution is 2.34. The smallest absolute Gasteiger partial charge is 0.332 e. The number of hydrogen-bond donors (Lipinski definition) is 0. The van der Waals surface area contributed by atoms with Gasteiger partial charge in [0, 0.05) is 38.4 Å². The average molecular weight is 446 g/mol. The topological polar surface area (TPSA) is 74.3 Å². The summed E-state index contributed by atoms with van der Waals surface area (Å²) in [6, 6.07) is 17.7. The van der Waals surface area contributed by atoms with Crippen LogP contribution in [0.15, 0.2) is 64.2 Å². The minimum Gasteiger partial charge on any atom is -0.497 e. The van der Waals surface area contributed by atoms with Crippen molar-refractivity contribution in [2.75, 3.05) is 18.6 Å². The van der Waals surface area contributed by atoms with E-state index in [1.807, 2.05) is 59.2 Å². The molecule has 0 N–H and O–H groups in total. The van der Waals surface area contributed by atoms with Crippen LogP contribution in [0.2, 0.25) is 0 Å². The maximum absolute atomic E-state index is 13.6. The minimum absolute atomic E-state index is 0.288. The summed E-state index contributed by atoms with van der Waals surface area (Å²) in [5, 5.41) is 0. The molecule has 0 fully saturated rings. The lowest BCUT2D eigenvalue weighted by Crippen LogP contribution is -2.40. The van der Waals surface area contributed by atoms with Crippen LogP contribution in [0.25, 0.3) is 11.2 Å². The second-order valence-electron chi connectivity index (χ2n) is 8.65. The Morgan fingerprint density at radius 1 is 1.06 bits per heavy atom. The summed E-state index contributed by atoms with van der Waals surface area (Å²) in [7, 11) is 3.32. The van der Waals surface area contributed by atoms with Crippen molar-refractivity contribution in [3.63, 3.8) is 0 Å². The Balaban J connectivity index is 1.65. The molecule has 0 spiro atoms. The van der Waals surface area contributed by atoms with Crippen LogP contribution in [-0.4, -0.2) is 32.3 Å². The number of aromatic nitrogens is 4. The number of hydrogen-bond acceptors (Lipinski definition) is 5. The quantitative estimate of drug-likeness (QED) is 0.472. The van der Waals surface area contributed by atoms with E-state index in [4.69, 9.17) is 9.72 Å². The van der Waals surface area contributed by atoms with Gasteiger partial charge in [0.25, 0.3) is 5.56 Å². The van der Waals surface area contributed by atoms with Crippen molar-refractivity contribution < 1.29 is 4.74 Å². The first-order chi connectivity index (χ1) is 16.0. The second-order valence-corrected chi connectivity index (χ2v) is 8.65. The molecule has 1 aliphatic rings. The van der Waals surface area contributed by atoms with Gasteiger partial charge in [-0.15, -0.1) is 0 Å². The molecule has 2 aromatic carbocycles. The molecule has 0 bridgehead atoms. The molecule has 170 valence electrons. The van der Waals surface area contributed by atoms with Gasteiger partial charge in [0.05, 0.1) is 7.11 Å². The molecule has 1 aliphatic heterocycles. The lowest BCUT2D eigenvalue weighted by molar-refractivity contribution is 0.414. The van der Waals surface area contributed by atoms with Crippen molar-refractivity contribution in [1.82, 2.24) is 18.7 Å². The van der Waals surface area contributed by atoms with Gasteiger partial charge in [0.2, 0.25) is 5.95 Å². The fraction of sp³-hybridized carbons (Fsp3) is 0.320. The van der Waals surface area contributed by atoms with Gasteiger partial charge >= 0.3 is 5.69 Å². The van der Waals surface area contributed by atoms with E-state index in [1.54, 1.807) is 14.2 Å². The number of nitrogens with zero attached hydrogens (tertiary/aromatic N) is 5. The Morgan fingerprint density at radius 3 is 2.61 bits per heavy atom. The molecule has 3 heterocycles. The molecule has 8 heteroatoms. The van der Waals surface area contributed by atoms with Gasteiger partial charge in [-0.2, -0.15) is 4.98 Å². The van der Waals surface area contributed by atoms with Gasteiger partial charge in [0.15, 0.2) is 11.2 Å². The van der Waals surface area contributed by atoms with Crippen LogP contribution in [0.4, 0.5) is 11.6 Å². The minimum atomic E-state index is -0.347. The number of methoxy groups -OCH3 is 1. The number of benzene rings is 2. The van der Waals surface area contributed by atoms with Crippen LogP contribution >= 0.6 is 0 Å². The summed E-state index contributed by atoms with van der Waals surface area (Å²) >= 11 is 0. The zero-order chi connectivity index (χ0) is 23.1. The van der Waals surface area contributed by atoms with Crippen molar-refractivity contribution in [1.29, 1.82) is 0 Å². The fourth-order valence-corrected chi connectivity index (χ4v) is 4.58. The highest BCUT2D eigenvalue weighted by molar-refractivity contribution is 5.77. The van der Waals surface area contributed by atoms with E-state index in [9.17, 15) is 9.59 Å². The van der Waals surface area contributed by atoms with E-state index < -0.39 is 0 Å². The Labute approximate surface area is 191 Å². The highest BCUT2D eigenvalue weighted by Gasteiger charge is 2.30. The molecule has 33 heavy (non-hydrogen) atoms. The van der Waals surface area contributed by atoms with Crippen LogP contribution in [0.5, 0.6) is 5.75 Å². The van der Waals surface area contributed by atoms with Gasteiger partial charge in [-0.05, 0) is 30.0 Å². The van der Waals surface area contributed by atoms with Gasteiger partial charge in [-0.3, -0.25) is 13.9 Å². The largest absolute Gasteiger partial charge is 0.497 e. The number of fused-ring (bicyclic) bond motifs is 3. The third kappa shape index (κ3) is 3.61. The molecule has 2 aromatic heterocycles. The van der Waals surface area contributed by atoms with Crippen molar-refractivity contribution in [2.24, 2.45) is 13.0 Å². The van der Waals surface area contributed by atoms with Gasteiger partial charge in [0.1, 0.15) is 5.75 Å². The maximum Gasteiger partial charge on any atom is 0.332 e. The second kappa shape index (κ2) is 8.27. The zero-order valence-electron chi connectivity index (χ0n) is 19.1. The van der Waals surface area contributed by atoms with Crippen LogP contribution in [0.3, 0.4) is 0 Å². The molecule has 4 aromatic rings. The van der Waals surface area contributed by atoms with E-state index in [-0.39, 0.29) is 17.2 Å². The first-order valence-electron chi connectivity index (χ1n) is 11.1. The van der Waals surface area contributed by atoms with Crippen LogP contribution < -0.4 is 20.9 Å². The Morgan fingerprint density at radius 2 is 1.85 bits per heavy atom. The molecule has 0 saturated carbocycles. The van der Waals surface area contributed by atoms with Crippen LogP contribution in [0, 0.1) is 5.92 Å². The Hall–Kier alpha value is -3.81. The van der Waals surface area contributed by atoms with E-state index in [0.29, 0.717) is 36.6 Å². The SMILES string of the molecule is COc1cccc(N2C[C@H](C)Cn3c2nc2c3c(=O)n(CCc3ccccc3)c(=O)n2C)c1. The van der Waals surface area contributed by atoms with E-state index >= 15 is 0 Å². The summed E-state index contributed by atoms with van der Waals surface area (Å²) in [5.74, 6) is 1.71. The van der Waals surface area contributed by atoms with Crippen molar-refractivity contribution in [3.8, 4) is 5.75 Å². The lowest BCUT2D eigenvalue weighted by Gasteiger charge is -2.33. The maximum atomic E-state index is 13.6. The summed E-state index contributed by atoms with van der Waals surface area (Å²) in [4.78, 5) is 33.5. The van der Waals surface area contributed by atoms with Gasteiger partial charge in [-0.25, -0.2) is 4.79 Å². The predicted molar refractivity (Wildman–Crippen MR) is 129 cm³/mol. The molecule has 1 atom stereocenters. The summed E-state index contributed by atoms with van der Waals surface area (Å²) in [5.41, 5.74) is 2.27. The summed E-state index contributed by atoms with van der Waals surface area (Å²) < 4.78 is 10.2. The molecule has 0 aliphatic carbocycles. The average Bonchev–Trinajstić information content (AvgIpc) is 3.22. The first kappa shape index (κ1) is 21.1. The molecular formula is C25H27N5O3. The molecule has 0 unspecified atom stereocenters. The molecule has 0 radical (unpaired) electrons. The van der Waals surface area contributed by atoms with Gasteiger partial charge in [-0.1, -0.05) is 43.3 Å². The predicted octanol–water partition coefficient (Wildman–Crippen LogP) is 2.94. The zero-order valence-corrected chi connectivity index (χ0v) is 19.1. The standard InChI is InChI=1S/C25H27N5O3/c1-17-15-29(19-10-7-11-20(14-19)33-3)24-26-22-21(30(24)16-17)23(31)28(25(32)27(22)2)13-12-18-8-5-4-6-9-18/h4-11,14,17H,12-13,15-16H2,1-3H3/t17-/m0/s1. The number of imidazole rings is 1. The Kier molecular flexibility index (Phi) is 5.28. The first-order valence-corrected chi connectivity index (χ1v) is 11.1. The van der Waals surface area contributed by atoms with E-state index in [1.165, 1.54) is 9.13 Å². The number of anilines is 2. The summed E-state index contributed by atoms with van der Waals surface area (Å²) in [6.07, 6.45) is 0.606. The lowest BCUT2D eigenvalue weighted by atomic mass is 10.1. The third-order valence-corrected chi connectivity index (χ3v) is 6.27. The van der Waals surface area contributed by atoms with Crippen LogP contribution in [0.1, 0.15) is 12.5 Å². The van der Waals surface area contributed by atoms with Crippen molar-refractivity contribution >= 4 is 22.8 Å². The monoisotopic (exact) mass is 445 g/mol. The normalized spacial score (nSPS) is 15.6. The van der Waals surface area contributed by atoms with E-state index in [0.717, 1.165) is 23.5 Å². The third-order valence-electron chi connectivity index (χ3n) is 6.27. The van der Waals surface area contributed by atoms with Gasteiger partial charge < -0.3 is 14.2 Å². The number of aryl methyl sites for hydroxylation is 2. The molecule has 0 amide bonds. The van der Waals surface area contributed by atoms with E-state index in [2.05, 4.69) is 11.8 Å². The molecule has 0 saturated heterocycles. The fourth-order valence-electron chi connectivity index (χ4n) is 4.58. The molecule has 5 rings (SSSR count). The molecule has 8 nitrogen and oxygen atoms in total. The molecular weight excluding hydrogens is 418 g/mol. The number of rotatable bonds is 5. The summed E-state index contributed by atoms with van der Waals surface area (Å²) in [6.45, 7) is 3.89.